The molecule has 0 aliphatic heterocycles. The molecule has 0 radical (unpaired) electrons. The largest absolute Gasteiger partial charge is 0.392 e. The van der Waals surface area contributed by atoms with E-state index in [-0.39, 0.29) is 23.7 Å². The van der Waals surface area contributed by atoms with Gasteiger partial charge in [0.1, 0.15) is 0 Å². The van der Waals surface area contributed by atoms with Gasteiger partial charge in [0.05, 0.1) is 6.61 Å². The molecule has 0 aliphatic carbocycles. The first-order valence-electron chi connectivity index (χ1n) is 6.21. The molecule has 0 bridgehead atoms. The highest BCUT2D eigenvalue weighted by atomic mass is 35.5. The lowest BCUT2D eigenvalue weighted by Gasteiger charge is -2.16. The van der Waals surface area contributed by atoms with Gasteiger partial charge in [-0.3, -0.25) is 5.10 Å². The van der Waals surface area contributed by atoms with Gasteiger partial charge in [-0.1, -0.05) is 23.7 Å². The molecule has 0 aliphatic rings. The van der Waals surface area contributed by atoms with E-state index in [1.807, 2.05) is 0 Å². The van der Waals surface area contributed by atoms with Crippen molar-refractivity contribution in [2.24, 2.45) is 0 Å². The number of aliphatic hydroxyl groups is 1. The Morgan fingerprint density at radius 1 is 1.43 bits per heavy atom. The van der Waals surface area contributed by atoms with Crippen molar-refractivity contribution in [1.82, 2.24) is 14.5 Å². The Morgan fingerprint density at radius 3 is 2.76 bits per heavy atom. The van der Waals surface area contributed by atoms with Crippen molar-refractivity contribution in [1.29, 1.82) is 0 Å². The summed E-state index contributed by atoms with van der Waals surface area (Å²) in [4.78, 5) is 0. The minimum absolute atomic E-state index is 0.146. The first-order valence-corrected chi connectivity index (χ1v) is 8.03. The summed E-state index contributed by atoms with van der Waals surface area (Å²) >= 11 is 5.89. The molecule has 8 heteroatoms. The summed E-state index contributed by atoms with van der Waals surface area (Å²) in [6.07, 6.45) is 0. The summed E-state index contributed by atoms with van der Waals surface area (Å²) in [5.74, 6) is 0. The summed E-state index contributed by atoms with van der Waals surface area (Å²) < 4.78 is 26.2. The standard InChI is InChI=1S/C13H16ClN3O3S/c1-9-12(8-18)13(16-15-9)21(19,20)17(2)7-10-4-3-5-11(14)6-10/h3-6,18H,7-8H2,1-2H3,(H,15,16). The molecule has 0 amide bonds. The summed E-state index contributed by atoms with van der Waals surface area (Å²) in [7, 11) is -2.32. The number of nitrogens with zero attached hydrogens (tertiary/aromatic N) is 2. The van der Waals surface area contributed by atoms with E-state index in [1.165, 1.54) is 11.4 Å². The highest BCUT2D eigenvalue weighted by Crippen LogP contribution is 2.21. The van der Waals surface area contributed by atoms with Gasteiger partial charge < -0.3 is 5.11 Å². The molecule has 2 N–H and O–H groups in total. The monoisotopic (exact) mass is 329 g/mol. The van der Waals surface area contributed by atoms with Gasteiger partial charge in [-0.2, -0.15) is 9.40 Å². The van der Waals surface area contributed by atoms with E-state index in [0.717, 1.165) is 5.56 Å². The van der Waals surface area contributed by atoms with Gasteiger partial charge in [0.2, 0.25) is 0 Å². The maximum atomic E-state index is 12.5. The van der Waals surface area contributed by atoms with Crippen molar-refractivity contribution in [3.05, 3.63) is 46.1 Å². The number of benzene rings is 1. The summed E-state index contributed by atoms with van der Waals surface area (Å²) in [5, 5.41) is 16.1. The molecule has 1 aromatic carbocycles. The fourth-order valence-electron chi connectivity index (χ4n) is 1.95. The summed E-state index contributed by atoms with van der Waals surface area (Å²) in [5.41, 5.74) is 1.59. The predicted molar refractivity (Wildman–Crippen MR) is 79.4 cm³/mol. The van der Waals surface area contributed by atoms with Crippen molar-refractivity contribution in [2.45, 2.75) is 25.1 Å². The molecule has 0 spiro atoms. The lowest BCUT2D eigenvalue weighted by molar-refractivity contribution is 0.277. The number of nitrogens with one attached hydrogen (secondary N) is 1. The van der Waals surface area contributed by atoms with Crippen LogP contribution in [0.2, 0.25) is 5.02 Å². The lowest BCUT2D eigenvalue weighted by Crippen LogP contribution is -2.27. The molecule has 2 aromatic rings. The number of H-pyrrole nitrogens is 1. The molecular formula is C13H16ClN3O3S. The zero-order chi connectivity index (χ0) is 15.6. The minimum atomic E-state index is -3.78. The molecule has 0 unspecified atom stereocenters. The zero-order valence-corrected chi connectivity index (χ0v) is 13.2. The van der Waals surface area contributed by atoms with Crippen LogP contribution in [0.25, 0.3) is 0 Å². The maximum Gasteiger partial charge on any atom is 0.262 e. The smallest absolute Gasteiger partial charge is 0.262 e. The number of aromatic amines is 1. The number of aromatic nitrogens is 2. The molecule has 21 heavy (non-hydrogen) atoms. The predicted octanol–water partition coefficient (Wildman–Crippen LogP) is 1.68. The Hall–Kier alpha value is -1.41. The molecule has 0 saturated heterocycles. The molecule has 2 rings (SSSR count). The third-order valence-corrected chi connectivity index (χ3v) is 5.15. The minimum Gasteiger partial charge on any atom is -0.392 e. The Bertz CT molecular complexity index is 743. The topological polar surface area (TPSA) is 86.3 Å². The van der Waals surface area contributed by atoms with Gasteiger partial charge in [0.15, 0.2) is 5.03 Å². The third-order valence-electron chi connectivity index (χ3n) is 3.14. The van der Waals surface area contributed by atoms with Gasteiger partial charge in [0.25, 0.3) is 10.0 Å². The zero-order valence-electron chi connectivity index (χ0n) is 11.7. The van der Waals surface area contributed by atoms with Crippen molar-refractivity contribution < 1.29 is 13.5 Å². The van der Waals surface area contributed by atoms with Gasteiger partial charge in [-0.05, 0) is 24.6 Å². The average Bonchev–Trinajstić information content (AvgIpc) is 2.80. The van der Waals surface area contributed by atoms with Gasteiger partial charge in [0, 0.05) is 29.9 Å². The van der Waals surface area contributed by atoms with E-state index in [2.05, 4.69) is 10.2 Å². The van der Waals surface area contributed by atoms with Crippen LogP contribution in [-0.4, -0.2) is 35.1 Å². The molecule has 0 fully saturated rings. The fraction of sp³-hybridized carbons (Fsp3) is 0.308. The van der Waals surface area contributed by atoms with E-state index in [9.17, 15) is 13.5 Å². The highest BCUT2D eigenvalue weighted by molar-refractivity contribution is 7.89. The number of aliphatic hydroxyl groups excluding tert-OH is 1. The van der Waals surface area contributed by atoms with E-state index >= 15 is 0 Å². The SMILES string of the molecule is Cc1[nH]nc(S(=O)(=O)N(C)Cc2cccc(Cl)c2)c1CO. The van der Waals surface area contributed by atoms with Crippen molar-refractivity contribution in [3.63, 3.8) is 0 Å². The molecule has 1 aromatic heterocycles. The van der Waals surface area contributed by atoms with Crippen LogP contribution < -0.4 is 0 Å². The summed E-state index contributed by atoms with van der Waals surface area (Å²) in [6, 6.07) is 6.98. The molecule has 6 nitrogen and oxygen atoms in total. The van der Waals surface area contributed by atoms with Crippen LogP contribution in [0, 0.1) is 6.92 Å². The van der Waals surface area contributed by atoms with Gasteiger partial charge in [-0.25, -0.2) is 8.42 Å². The highest BCUT2D eigenvalue weighted by Gasteiger charge is 2.27. The van der Waals surface area contributed by atoms with Gasteiger partial charge in [-0.15, -0.1) is 0 Å². The molecule has 0 saturated carbocycles. The van der Waals surface area contributed by atoms with Crippen LogP contribution in [0.15, 0.2) is 29.3 Å². The fourth-order valence-corrected chi connectivity index (χ4v) is 3.47. The Kier molecular flexibility index (Phi) is 4.67. The summed E-state index contributed by atoms with van der Waals surface area (Å²) in [6.45, 7) is 1.44. The van der Waals surface area contributed by atoms with E-state index in [1.54, 1.807) is 31.2 Å². The van der Waals surface area contributed by atoms with E-state index in [0.29, 0.717) is 10.7 Å². The number of sulfonamides is 1. The molecule has 1 heterocycles. The van der Waals surface area contributed by atoms with Crippen molar-refractivity contribution in [3.8, 4) is 0 Å². The van der Waals surface area contributed by atoms with Crippen molar-refractivity contribution in [2.75, 3.05) is 7.05 Å². The second kappa shape index (κ2) is 6.15. The number of hydrogen-bond acceptors (Lipinski definition) is 4. The molecule has 0 atom stereocenters. The Labute approximate surface area is 128 Å². The second-order valence-electron chi connectivity index (χ2n) is 4.68. The lowest BCUT2D eigenvalue weighted by atomic mass is 10.2. The number of aryl methyl sites for hydroxylation is 1. The number of rotatable bonds is 5. The van der Waals surface area contributed by atoms with Crippen LogP contribution in [0.1, 0.15) is 16.8 Å². The number of halogens is 1. The first-order chi connectivity index (χ1) is 9.86. The van der Waals surface area contributed by atoms with Crippen LogP contribution >= 0.6 is 11.6 Å². The second-order valence-corrected chi connectivity index (χ2v) is 7.08. The van der Waals surface area contributed by atoms with E-state index < -0.39 is 10.0 Å². The normalized spacial score (nSPS) is 12.0. The van der Waals surface area contributed by atoms with E-state index in [4.69, 9.17) is 11.6 Å². The number of hydrogen-bond donors (Lipinski definition) is 2. The Morgan fingerprint density at radius 2 is 2.14 bits per heavy atom. The quantitative estimate of drug-likeness (QED) is 0.874. The third kappa shape index (κ3) is 3.26. The van der Waals surface area contributed by atoms with Crippen LogP contribution in [0.5, 0.6) is 0 Å². The van der Waals surface area contributed by atoms with Gasteiger partial charge >= 0.3 is 0 Å². The molecular weight excluding hydrogens is 314 g/mol. The van der Waals surface area contributed by atoms with Crippen LogP contribution in [0.3, 0.4) is 0 Å². The van der Waals surface area contributed by atoms with Crippen molar-refractivity contribution >= 4 is 21.6 Å². The van der Waals surface area contributed by atoms with Crippen LogP contribution in [0.4, 0.5) is 0 Å². The molecule has 114 valence electrons. The maximum absolute atomic E-state index is 12.5. The average molecular weight is 330 g/mol. The Balaban J connectivity index is 2.30. The van der Waals surface area contributed by atoms with Crippen LogP contribution in [-0.2, 0) is 23.2 Å². The first kappa shape index (κ1) is 16.0.